The van der Waals surface area contributed by atoms with E-state index in [1.165, 1.54) is 5.56 Å². The molecule has 4 nitrogen and oxygen atoms in total. The maximum absolute atomic E-state index is 11.0. The monoisotopic (exact) mass is 279 g/mol. The van der Waals surface area contributed by atoms with Crippen LogP contribution in [0.3, 0.4) is 0 Å². The largest absolute Gasteiger partial charge is 0.480 e. The number of carbonyl (C=O) groups is 1. The van der Waals surface area contributed by atoms with Crippen LogP contribution in [0.4, 0.5) is 0 Å². The zero-order valence-corrected chi connectivity index (χ0v) is 12.3. The summed E-state index contributed by atoms with van der Waals surface area (Å²) in [6.07, 6.45) is 2.45. The van der Waals surface area contributed by atoms with Gasteiger partial charge in [0.1, 0.15) is 6.04 Å². The van der Waals surface area contributed by atoms with Crippen molar-refractivity contribution in [1.29, 1.82) is 0 Å². The number of hydrogen-bond acceptors (Lipinski definition) is 3. The molecule has 0 bridgehead atoms. The van der Waals surface area contributed by atoms with Gasteiger partial charge in [0.2, 0.25) is 0 Å². The average Bonchev–Trinajstić information content (AvgIpc) is 2.41. The molecule has 0 amide bonds. The van der Waals surface area contributed by atoms with E-state index in [1.807, 2.05) is 32.0 Å². The summed E-state index contributed by atoms with van der Waals surface area (Å²) in [5, 5.41) is 12.1. The van der Waals surface area contributed by atoms with Crippen molar-refractivity contribution in [2.24, 2.45) is 0 Å². The highest BCUT2D eigenvalue weighted by Gasteiger charge is 2.17. The Bertz CT molecular complexity index is 379. The number of nitrogens with one attached hydrogen (secondary N) is 1. The molecule has 112 valence electrons. The average molecular weight is 279 g/mol. The lowest BCUT2D eigenvalue weighted by molar-refractivity contribution is -0.140. The lowest BCUT2D eigenvalue weighted by Gasteiger charge is -2.17. The Morgan fingerprint density at radius 3 is 2.55 bits per heavy atom. The maximum atomic E-state index is 11.0. The molecule has 0 saturated heterocycles. The van der Waals surface area contributed by atoms with Crippen LogP contribution in [0.1, 0.15) is 32.3 Å². The van der Waals surface area contributed by atoms with Gasteiger partial charge in [0.25, 0.3) is 0 Å². The molecule has 1 unspecified atom stereocenters. The summed E-state index contributed by atoms with van der Waals surface area (Å²) in [5.74, 6) is -0.813. The topological polar surface area (TPSA) is 58.6 Å². The van der Waals surface area contributed by atoms with Crippen molar-refractivity contribution in [1.82, 2.24) is 5.32 Å². The van der Waals surface area contributed by atoms with Gasteiger partial charge in [-0.05, 0) is 24.8 Å². The van der Waals surface area contributed by atoms with Crippen molar-refractivity contribution >= 4 is 5.97 Å². The highest BCUT2D eigenvalue weighted by atomic mass is 16.5. The summed E-state index contributed by atoms with van der Waals surface area (Å²) >= 11 is 0. The van der Waals surface area contributed by atoms with Crippen molar-refractivity contribution in [3.8, 4) is 0 Å². The third-order valence-corrected chi connectivity index (χ3v) is 2.98. The minimum absolute atomic E-state index is 0.161. The normalized spacial score (nSPS) is 12.6. The number of aliphatic carboxylic acids is 1. The lowest BCUT2D eigenvalue weighted by atomic mass is 10.1. The molecular weight excluding hydrogens is 254 g/mol. The first-order valence-electron chi connectivity index (χ1n) is 7.20. The second-order valence-corrected chi connectivity index (χ2v) is 5.20. The van der Waals surface area contributed by atoms with Gasteiger partial charge in [0, 0.05) is 19.3 Å². The summed E-state index contributed by atoms with van der Waals surface area (Å²) in [6, 6.07) is 9.92. The van der Waals surface area contributed by atoms with Crippen molar-refractivity contribution in [2.45, 2.75) is 45.2 Å². The molecule has 4 heteroatoms. The van der Waals surface area contributed by atoms with Gasteiger partial charge in [0.15, 0.2) is 0 Å². The molecule has 0 heterocycles. The molecule has 0 aliphatic heterocycles. The standard InChI is InChI=1S/C16H25NO3/c1-13(2)17-15(16(18)19)10-12-20-11-6-9-14-7-4-3-5-8-14/h3-5,7-8,13,15,17H,6,9-12H2,1-2H3,(H,18,19). The second-order valence-electron chi connectivity index (χ2n) is 5.20. The summed E-state index contributed by atoms with van der Waals surface area (Å²) in [7, 11) is 0. The Hall–Kier alpha value is -1.39. The zero-order valence-electron chi connectivity index (χ0n) is 12.3. The molecule has 0 saturated carbocycles. The van der Waals surface area contributed by atoms with Gasteiger partial charge in [-0.25, -0.2) is 0 Å². The van der Waals surface area contributed by atoms with Crippen LogP contribution < -0.4 is 5.32 Å². The van der Waals surface area contributed by atoms with Crippen LogP contribution >= 0.6 is 0 Å². The van der Waals surface area contributed by atoms with Crippen molar-refractivity contribution in [3.63, 3.8) is 0 Å². The molecule has 20 heavy (non-hydrogen) atoms. The quantitative estimate of drug-likeness (QED) is 0.646. The van der Waals surface area contributed by atoms with E-state index < -0.39 is 12.0 Å². The number of rotatable bonds is 10. The third-order valence-electron chi connectivity index (χ3n) is 2.98. The van der Waals surface area contributed by atoms with E-state index in [9.17, 15) is 4.79 Å². The molecule has 1 aromatic carbocycles. The minimum Gasteiger partial charge on any atom is -0.480 e. The van der Waals surface area contributed by atoms with E-state index in [0.717, 1.165) is 12.8 Å². The van der Waals surface area contributed by atoms with Crippen LogP contribution in [-0.4, -0.2) is 36.4 Å². The van der Waals surface area contributed by atoms with E-state index in [2.05, 4.69) is 17.4 Å². The lowest BCUT2D eigenvalue weighted by Crippen LogP contribution is -2.41. The number of carboxylic acid groups (broad SMARTS) is 1. The molecule has 2 N–H and O–H groups in total. The van der Waals surface area contributed by atoms with E-state index in [-0.39, 0.29) is 6.04 Å². The molecule has 0 aromatic heterocycles. The van der Waals surface area contributed by atoms with Crippen LogP contribution in [0.15, 0.2) is 30.3 Å². The number of benzene rings is 1. The highest BCUT2D eigenvalue weighted by Crippen LogP contribution is 2.03. The summed E-state index contributed by atoms with van der Waals surface area (Å²) < 4.78 is 5.51. The first-order valence-corrected chi connectivity index (χ1v) is 7.20. The van der Waals surface area contributed by atoms with Crippen molar-refractivity contribution in [2.75, 3.05) is 13.2 Å². The fraction of sp³-hybridized carbons (Fsp3) is 0.562. The smallest absolute Gasteiger partial charge is 0.320 e. The second kappa shape index (κ2) is 9.50. The molecule has 0 aliphatic rings. The first-order chi connectivity index (χ1) is 9.59. The third kappa shape index (κ3) is 7.26. The first kappa shape index (κ1) is 16.7. The van der Waals surface area contributed by atoms with Crippen molar-refractivity contribution < 1.29 is 14.6 Å². The Labute approximate surface area is 121 Å². The summed E-state index contributed by atoms with van der Waals surface area (Å²) in [6.45, 7) is 5.03. The van der Waals surface area contributed by atoms with Gasteiger partial charge >= 0.3 is 5.97 Å². The van der Waals surface area contributed by atoms with Crippen molar-refractivity contribution in [3.05, 3.63) is 35.9 Å². The number of hydrogen-bond donors (Lipinski definition) is 2. The Morgan fingerprint density at radius 1 is 1.25 bits per heavy atom. The molecule has 1 rings (SSSR count). The number of ether oxygens (including phenoxy) is 1. The van der Waals surface area contributed by atoms with Gasteiger partial charge in [-0.2, -0.15) is 0 Å². The Balaban J connectivity index is 2.10. The fourth-order valence-corrected chi connectivity index (χ4v) is 2.01. The van der Waals surface area contributed by atoms with Gasteiger partial charge < -0.3 is 15.2 Å². The van der Waals surface area contributed by atoms with Crippen LogP contribution in [0.2, 0.25) is 0 Å². The van der Waals surface area contributed by atoms with E-state index in [0.29, 0.717) is 19.6 Å². The van der Waals surface area contributed by atoms with E-state index in [4.69, 9.17) is 9.84 Å². The SMILES string of the molecule is CC(C)NC(CCOCCCc1ccccc1)C(=O)O. The van der Waals surface area contributed by atoms with Gasteiger partial charge in [0.05, 0.1) is 0 Å². The van der Waals surface area contributed by atoms with Gasteiger partial charge in [-0.15, -0.1) is 0 Å². The summed E-state index contributed by atoms with van der Waals surface area (Å²) in [4.78, 5) is 11.0. The van der Waals surface area contributed by atoms with E-state index in [1.54, 1.807) is 0 Å². The molecular formula is C16H25NO3. The fourth-order valence-electron chi connectivity index (χ4n) is 2.01. The van der Waals surface area contributed by atoms with Gasteiger partial charge in [-0.3, -0.25) is 4.79 Å². The predicted molar refractivity (Wildman–Crippen MR) is 79.9 cm³/mol. The predicted octanol–water partition coefficient (Wildman–Crippen LogP) is 2.48. The molecule has 0 fully saturated rings. The Kier molecular flexibility index (Phi) is 7.92. The number of aryl methyl sites for hydroxylation is 1. The minimum atomic E-state index is -0.813. The molecule has 0 aliphatic carbocycles. The highest BCUT2D eigenvalue weighted by molar-refractivity contribution is 5.73. The van der Waals surface area contributed by atoms with Crippen LogP contribution in [0, 0.1) is 0 Å². The maximum Gasteiger partial charge on any atom is 0.320 e. The zero-order chi connectivity index (χ0) is 14.8. The molecule has 1 atom stereocenters. The van der Waals surface area contributed by atoms with Crippen LogP contribution in [-0.2, 0) is 16.0 Å². The molecule has 0 spiro atoms. The molecule has 1 aromatic rings. The van der Waals surface area contributed by atoms with Crippen LogP contribution in [0.25, 0.3) is 0 Å². The summed E-state index contributed by atoms with van der Waals surface area (Å²) in [5.41, 5.74) is 1.31. The Morgan fingerprint density at radius 2 is 1.95 bits per heavy atom. The van der Waals surface area contributed by atoms with Crippen LogP contribution in [0.5, 0.6) is 0 Å². The number of carboxylic acids is 1. The van der Waals surface area contributed by atoms with E-state index >= 15 is 0 Å². The van der Waals surface area contributed by atoms with Gasteiger partial charge in [-0.1, -0.05) is 44.2 Å². The molecule has 0 radical (unpaired) electrons.